The summed E-state index contributed by atoms with van der Waals surface area (Å²) in [6, 6.07) is 22.7. The number of nitrogens with zero attached hydrogens (tertiary/aromatic N) is 1. The first-order valence-corrected chi connectivity index (χ1v) is 12.2. The average Bonchev–Trinajstić information content (AvgIpc) is 2.84. The minimum Gasteiger partial charge on any atom is -0.484 e. The molecule has 6 heteroatoms. The molecule has 0 aromatic heterocycles. The number of aryl methyl sites for hydroxylation is 2. The Bertz CT molecular complexity index is 1100. The smallest absolute Gasteiger partial charge is 0.261 e. The van der Waals surface area contributed by atoms with E-state index >= 15 is 0 Å². The Balaban J connectivity index is 1.88. The zero-order chi connectivity index (χ0) is 24.5. The van der Waals surface area contributed by atoms with E-state index in [4.69, 9.17) is 4.74 Å². The van der Waals surface area contributed by atoms with Gasteiger partial charge in [0.2, 0.25) is 5.91 Å². The number of likely N-dealkylation sites (N-methyl/N-ethyl adjacent to an activating group) is 1. The Morgan fingerprint density at radius 2 is 1.68 bits per heavy atom. The molecule has 0 saturated heterocycles. The summed E-state index contributed by atoms with van der Waals surface area (Å²) in [5, 5.41) is 2.90. The molecule has 3 aromatic rings. The Morgan fingerprint density at radius 3 is 2.32 bits per heavy atom. The lowest BCUT2D eigenvalue weighted by Gasteiger charge is -2.31. The Kier molecular flexibility index (Phi) is 9.28. The fraction of sp³-hybridized carbons (Fsp3) is 0.286. The lowest BCUT2D eigenvalue weighted by atomic mass is 10.0. The number of hydrogen-bond acceptors (Lipinski definition) is 3. The van der Waals surface area contributed by atoms with Crippen LogP contribution in [0.1, 0.15) is 29.2 Å². The monoisotopic (exact) mass is 522 g/mol. The molecule has 0 radical (unpaired) electrons. The van der Waals surface area contributed by atoms with Crippen molar-refractivity contribution < 1.29 is 14.3 Å². The highest BCUT2D eigenvalue weighted by molar-refractivity contribution is 9.10. The number of benzene rings is 3. The van der Waals surface area contributed by atoms with Crippen LogP contribution in [0.5, 0.6) is 5.75 Å². The van der Waals surface area contributed by atoms with E-state index in [-0.39, 0.29) is 18.4 Å². The molecule has 34 heavy (non-hydrogen) atoms. The van der Waals surface area contributed by atoms with Crippen LogP contribution in [0.15, 0.2) is 77.3 Å². The summed E-state index contributed by atoms with van der Waals surface area (Å²) in [6.45, 7) is 6.52. The molecule has 1 atom stereocenters. The molecule has 3 rings (SSSR count). The quantitative estimate of drug-likeness (QED) is 0.397. The molecule has 0 unspecified atom stereocenters. The highest BCUT2D eigenvalue weighted by Gasteiger charge is 2.30. The molecule has 0 fully saturated rings. The molecule has 0 heterocycles. The van der Waals surface area contributed by atoms with Gasteiger partial charge >= 0.3 is 0 Å². The largest absolute Gasteiger partial charge is 0.484 e. The first kappa shape index (κ1) is 25.5. The van der Waals surface area contributed by atoms with E-state index in [1.165, 1.54) is 0 Å². The summed E-state index contributed by atoms with van der Waals surface area (Å²) >= 11 is 3.48. The van der Waals surface area contributed by atoms with Crippen molar-refractivity contribution in [3.8, 4) is 5.75 Å². The van der Waals surface area contributed by atoms with Crippen molar-refractivity contribution in [3.63, 3.8) is 0 Å². The van der Waals surface area contributed by atoms with E-state index in [0.717, 1.165) is 26.7 Å². The van der Waals surface area contributed by atoms with E-state index in [2.05, 4.69) is 21.2 Å². The Hall–Kier alpha value is -3.12. The molecule has 0 bridgehead atoms. The van der Waals surface area contributed by atoms with Gasteiger partial charge in [-0.1, -0.05) is 76.1 Å². The van der Waals surface area contributed by atoms with Gasteiger partial charge in [0.05, 0.1) is 0 Å². The second-order valence-corrected chi connectivity index (χ2v) is 9.16. The van der Waals surface area contributed by atoms with Gasteiger partial charge < -0.3 is 15.0 Å². The van der Waals surface area contributed by atoms with Gasteiger partial charge in [-0.2, -0.15) is 0 Å². The molecular weight excluding hydrogens is 492 g/mol. The molecule has 1 N–H and O–H groups in total. The maximum Gasteiger partial charge on any atom is 0.261 e. The number of halogens is 1. The lowest BCUT2D eigenvalue weighted by molar-refractivity contribution is -0.142. The fourth-order valence-electron chi connectivity index (χ4n) is 3.67. The second-order valence-electron chi connectivity index (χ2n) is 8.31. The zero-order valence-electron chi connectivity index (χ0n) is 19.9. The molecule has 2 amide bonds. The van der Waals surface area contributed by atoms with E-state index in [0.29, 0.717) is 25.3 Å². The van der Waals surface area contributed by atoms with Gasteiger partial charge in [0.1, 0.15) is 11.8 Å². The number of carbonyl (C=O) groups is 2. The van der Waals surface area contributed by atoms with Crippen molar-refractivity contribution in [1.82, 2.24) is 10.2 Å². The first-order valence-electron chi connectivity index (χ1n) is 11.4. The average molecular weight is 523 g/mol. The van der Waals surface area contributed by atoms with E-state index in [1.807, 2.05) is 93.6 Å². The predicted molar refractivity (Wildman–Crippen MR) is 139 cm³/mol. The van der Waals surface area contributed by atoms with Crippen LogP contribution in [0.3, 0.4) is 0 Å². The SMILES string of the molecule is CCNC(=O)[C@H](Cc1ccccc1)N(Cc1ccc(C)cc1)C(=O)COc1ccc(Br)c(C)c1. The fourth-order valence-corrected chi connectivity index (χ4v) is 3.92. The van der Waals surface area contributed by atoms with Crippen molar-refractivity contribution in [3.05, 3.63) is 99.5 Å². The third-order valence-corrected chi connectivity index (χ3v) is 6.48. The van der Waals surface area contributed by atoms with Gasteiger partial charge in [0, 0.05) is 24.0 Å². The van der Waals surface area contributed by atoms with Crippen molar-refractivity contribution in [2.75, 3.05) is 13.2 Å². The molecule has 0 spiro atoms. The number of ether oxygens (including phenoxy) is 1. The summed E-state index contributed by atoms with van der Waals surface area (Å²) in [5.74, 6) is 0.196. The molecule has 0 aliphatic heterocycles. The van der Waals surface area contributed by atoms with Crippen molar-refractivity contribution in [2.45, 2.75) is 39.8 Å². The van der Waals surface area contributed by atoms with Gasteiger partial charge in [-0.25, -0.2) is 0 Å². The molecule has 178 valence electrons. The van der Waals surface area contributed by atoms with Crippen LogP contribution in [0, 0.1) is 13.8 Å². The van der Waals surface area contributed by atoms with Gasteiger partial charge in [-0.05, 0) is 55.7 Å². The molecule has 3 aromatic carbocycles. The van der Waals surface area contributed by atoms with E-state index in [9.17, 15) is 9.59 Å². The highest BCUT2D eigenvalue weighted by atomic mass is 79.9. The zero-order valence-corrected chi connectivity index (χ0v) is 21.5. The van der Waals surface area contributed by atoms with E-state index in [1.54, 1.807) is 4.90 Å². The van der Waals surface area contributed by atoms with Crippen LogP contribution in [-0.4, -0.2) is 35.9 Å². The normalized spacial score (nSPS) is 11.5. The number of hydrogen-bond donors (Lipinski definition) is 1. The van der Waals surface area contributed by atoms with Crippen molar-refractivity contribution in [1.29, 1.82) is 0 Å². The summed E-state index contributed by atoms with van der Waals surface area (Å²) in [7, 11) is 0. The molecule has 0 aliphatic carbocycles. The number of nitrogens with one attached hydrogen (secondary N) is 1. The van der Waals surface area contributed by atoms with Crippen LogP contribution < -0.4 is 10.1 Å². The predicted octanol–water partition coefficient (Wildman–Crippen LogP) is 5.22. The third kappa shape index (κ3) is 7.19. The van der Waals surface area contributed by atoms with Gasteiger partial charge in [0.15, 0.2) is 6.61 Å². The van der Waals surface area contributed by atoms with Crippen LogP contribution >= 0.6 is 15.9 Å². The maximum absolute atomic E-state index is 13.5. The van der Waals surface area contributed by atoms with Crippen LogP contribution in [0.2, 0.25) is 0 Å². The number of carbonyl (C=O) groups excluding carboxylic acids is 2. The molecule has 0 saturated carbocycles. The standard InChI is InChI=1S/C28H31BrN2O3/c1-4-30-28(33)26(17-22-8-6-5-7-9-22)31(18-23-12-10-20(2)11-13-23)27(32)19-34-24-14-15-25(29)21(3)16-24/h5-16,26H,4,17-19H2,1-3H3,(H,30,33)/t26-/m0/s1. The summed E-state index contributed by atoms with van der Waals surface area (Å²) in [4.78, 5) is 28.3. The molecular formula is C28H31BrN2O3. The van der Waals surface area contributed by atoms with Gasteiger partial charge in [0.25, 0.3) is 5.91 Å². The second kappa shape index (κ2) is 12.4. The van der Waals surface area contributed by atoms with Gasteiger partial charge in [-0.15, -0.1) is 0 Å². The Morgan fingerprint density at radius 1 is 0.971 bits per heavy atom. The van der Waals surface area contributed by atoms with E-state index < -0.39 is 6.04 Å². The third-order valence-electron chi connectivity index (χ3n) is 5.59. The topological polar surface area (TPSA) is 58.6 Å². The number of rotatable bonds is 10. The first-order chi connectivity index (χ1) is 16.4. The summed E-state index contributed by atoms with van der Waals surface area (Å²) in [5.41, 5.74) is 4.11. The minimum absolute atomic E-state index is 0.155. The van der Waals surface area contributed by atoms with Crippen molar-refractivity contribution in [2.24, 2.45) is 0 Å². The minimum atomic E-state index is -0.661. The highest BCUT2D eigenvalue weighted by Crippen LogP contribution is 2.22. The summed E-state index contributed by atoms with van der Waals surface area (Å²) in [6.07, 6.45) is 0.418. The van der Waals surface area contributed by atoms with Crippen LogP contribution in [0.4, 0.5) is 0 Å². The molecule has 0 aliphatic rings. The Labute approximate surface area is 210 Å². The van der Waals surface area contributed by atoms with Crippen molar-refractivity contribution >= 4 is 27.7 Å². The lowest BCUT2D eigenvalue weighted by Crippen LogP contribution is -2.51. The van der Waals surface area contributed by atoms with Crippen LogP contribution in [-0.2, 0) is 22.6 Å². The van der Waals surface area contributed by atoms with Gasteiger partial charge in [-0.3, -0.25) is 9.59 Å². The summed E-state index contributed by atoms with van der Waals surface area (Å²) < 4.78 is 6.82. The maximum atomic E-state index is 13.5. The number of amides is 2. The van der Waals surface area contributed by atoms with Crippen LogP contribution in [0.25, 0.3) is 0 Å². The molecule has 5 nitrogen and oxygen atoms in total.